The van der Waals surface area contributed by atoms with Gasteiger partial charge in [-0.3, -0.25) is 9.47 Å². The predicted octanol–water partition coefficient (Wildman–Crippen LogP) is 6.12. The van der Waals surface area contributed by atoms with E-state index >= 15 is 0 Å². The quantitative estimate of drug-likeness (QED) is 0.231. The van der Waals surface area contributed by atoms with Crippen molar-refractivity contribution in [3.05, 3.63) is 78.5 Å². The summed E-state index contributed by atoms with van der Waals surface area (Å²) >= 11 is 0. The van der Waals surface area contributed by atoms with Crippen LogP contribution in [0.15, 0.2) is 72.9 Å². The van der Waals surface area contributed by atoms with E-state index in [1.54, 1.807) is 11.1 Å². The Morgan fingerprint density at radius 3 is 2.33 bits per heavy atom. The standard InChI is InChI=1S/C35H38N8O3/c1-34(2,3)43(33(44)45)35(16-6-17-35)23-10-12-24(13-11-23)42-31(25-7-5-18-37-30(25)36)40-28-15-14-27(39-32(28)42)26-8-4-9-29(38-26)41-19-21-46-22-20-41/h4-5,7-15,18H,6,16-17,19-22H2,1-3H3,(H2,36,37)(H,44,45). The van der Waals surface area contributed by atoms with Crippen LogP contribution >= 0.6 is 0 Å². The lowest BCUT2D eigenvalue weighted by molar-refractivity contribution is -0.0328. The molecule has 1 aliphatic carbocycles. The summed E-state index contributed by atoms with van der Waals surface area (Å²) in [4.78, 5) is 35.7. The first-order valence-electron chi connectivity index (χ1n) is 15.7. The van der Waals surface area contributed by atoms with E-state index in [1.807, 2.05) is 92.1 Å². The van der Waals surface area contributed by atoms with E-state index in [0.717, 1.165) is 60.8 Å². The van der Waals surface area contributed by atoms with Crippen molar-refractivity contribution in [3.63, 3.8) is 0 Å². The number of aromatic nitrogens is 5. The molecule has 236 valence electrons. The highest BCUT2D eigenvalue weighted by atomic mass is 16.5. The molecule has 1 aliphatic heterocycles. The van der Waals surface area contributed by atoms with Gasteiger partial charge in [-0.2, -0.15) is 0 Å². The van der Waals surface area contributed by atoms with Crippen LogP contribution in [0.3, 0.4) is 0 Å². The maximum absolute atomic E-state index is 12.5. The molecule has 7 rings (SSSR count). The Morgan fingerprint density at radius 2 is 1.67 bits per heavy atom. The topological polar surface area (TPSA) is 136 Å². The third-order valence-electron chi connectivity index (χ3n) is 9.05. The number of nitrogens with two attached hydrogens (primary N) is 1. The number of pyridine rings is 3. The normalized spacial score (nSPS) is 16.3. The monoisotopic (exact) mass is 618 g/mol. The molecular weight excluding hydrogens is 580 g/mol. The van der Waals surface area contributed by atoms with E-state index in [2.05, 4.69) is 9.88 Å². The molecule has 0 bridgehead atoms. The number of hydrogen-bond acceptors (Lipinski definition) is 8. The molecular formula is C35H38N8O3. The summed E-state index contributed by atoms with van der Waals surface area (Å²) in [6, 6.07) is 21.7. The van der Waals surface area contributed by atoms with Crippen molar-refractivity contribution < 1.29 is 14.6 Å². The minimum atomic E-state index is -0.908. The zero-order chi connectivity index (χ0) is 32.1. The molecule has 1 aromatic carbocycles. The highest BCUT2D eigenvalue weighted by Gasteiger charge is 2.50. The summed E-state index contributed by atoms with van der Waals surface area (Å²) in [5.74, 6) is 1.88. The number of anilines is 2. The van der Waals surface area contributed by atoms with Crippen LogP contribution in [0.25, 0.3) is 39.6 Å². The van der Waals surface area contributed by atoms with Gasteiger partial charge < -0.3 is 20.5 Å². The first kappa shape index (κ1) is 29.7. The molecule has 2 aliphatic rings. The minimum absolute atomic E-state index is 0.367. The molecule has 1 saturated heterocycles. The number of carboxylic acid groups (broad SMARTS) is 1. The number of hydrogen-bond donors (Lipinski definition) is 2. The molecule has 46 heavy (non-hydrogen) atoms. The van der Waals surface area contributed by atoms with Crippen LogP contribution in [0, 0.1) is 0 Å². The fourth-order valence-electron chi connectivity index (χ4n) is 6.85. The maximum Gasteiger partial charge on any atom is 0.408 e. The molecule has 4 aromatic heterocycles. The first-order chi connectivity index (χ1) is 22.2. The van der Waals surface area contributed by atoms with Crippen molar-refractivity contribution in [3.8, 4) is 28.5 Å². The summed E-state index contributed by atoms with van der Waals surface area (Å²) in [5, 5.41) is 10.3. The lowest BCUT2D eigenvalue weighted by Gasteiger charge is -2.54. The summed E-state index contributed by atoms with van der Waals surface area (Å²) < 4.78 is 7.52. The minimum Gasteiger partial charge on any atom is -0.465 e. The average molecular weight is 619 g/mol. The SMILES string of the molecule is CC(C)(C)N(C(=O)O)C1(c2ccc(-n3c(-c4cccnc4N)nc4ccc(-c5cccc(N6CCOCC6)n5)nc43)cc2)CCC1. The molecule has 0 radical (unpaired) electrons. The highest BCUT2D eigenvalue weighted by Crippen LogP contribution is 2.49. The van der Waals surface area contributed by atoms with E-state index < -0.39 is 17.2 Å². The number of nitrogen functional groups attached to an aromatic ring is 1. The zero-order valence-electron chi connectivity index (χ0n) is 26.3. The van der Waals surface area contributed by atoms with Crippen LogP contribution in [0.1, 0.15) is 45.6 Å². The molecule has 0 atom stereocenters. The molecule has 11 heteroatoms. The van der Waals surface area contributed by atoms with Crippen LogP contribution in [0.5, 0.6) is 0 Å². The van der Waals surface area contributed by atoms with Crippen molar-refractivity contribution in [2.45, 2.75) is 51.1 Å². The Bertz CT molecular complexity index is 1900. The van der Waals surface area contributed by atoms with Gasteiger partial charge >= 0.3 is 6.09 Å². The third-order valence-corrected chi connectivity index (χ3v) is 9.05. The molecule has 1 saturated carbocycles. The summed E-state index contributed by atoms with van der Waals surface area (Å²) in [6.45, 7) is 8.80. The van der Waals surface area contributed by atoms with Crippen LogP contribution in [0.2, 0.25) is 0 Å². The lowest BCUT2D eigenvalue weighted by Crippen LogP contribution is -2.60. The second-order valence-corrected chi connectivity index (χ2v) is 12.9. The third kappa shape index (κ3) is 5.10. The number of ether oxygens (including phenoxy) is 1. The lowest BCUT2D eigenvalue weighted by atomic mass is 9.69. The Morgan fingerprint density at radius 1 is 0.935 bits per heavy atom. The molecule has 0 spiro atoms. The number of nitrogens with zero attached hydrogens (tertiary/aromatic N) is 7. The summed E-state index contributed by atoms with van der Waals surface area (Å²) in [6.07, 6.45) is 3.29. The van der Waals surface area contributed by atoms with Gasteiger partial charge in [0, 0.05) is 30.5 Å². The summed E-state index contributed by atoms with van der Waals surface area (Å²) in [7, 11) is 0. The maximum atomic E-state index is 12.5. The van der Waals surface area contributed by atoms with E-state index in [1.165, 1.54) is 0 Å². The number of imidazole rings is 1. The average Bonchev–Trinajstić information content (AvgIpc) is 3.41. The van der Waals surface area contributed by atoms with Crippen LogP contribution in [0.4, 0.5) is 16.4 Å². The van der Waals surface area contributed by atoms with Gasteiger partial charge in [0.15, 0.2) is 11.5 Å². The van der Waals surface area contributed by atoms with E-state index in [4.69, 9.17) is 25.4 Å². The van der Waals surface area contributed by atoms with E-state index in [-0.39, 0.29) is 0 Å². The first-order valence-corrected chi connectivity index (χ1v) is 15.7. The van der Waals surface area contributed by atoms with Crippen molar-refractivity contribution in [1.82, 2.24) is 29.4 Å². The van der Waals surface area contributed by atoms with Gasteiger partial charge in [0.2, 0.25) is 0 Å². The molecule has 3 N–H and O–H groups in total. The largest absolute Gasteiger partial charge is 0.465 e. The van der Waals surface area contributed by atoms with Gasteiger partial charge in [-0.25, -0.2) is 24.7 Å². The van der Waals surface area contributed by atoms with Crippen LogP contribution < -0.4 is 10.6 Å². The number of amides is 1. The fraction of sp³-hybridized carbons (Fsp3) is 0.343. The Labute approximate surface area is 267 Å². The van der Waals surface area contributed by atoms with Crippen molar-refractivity contribution in [2.24, 2.45) is 0 Å². The Kier molecular flexibility index (Phi) is 7.35. The number of carbonyl (C=O) groups is 1. The van der Waals surface area contributed by atoms with Gasteiger partial charge in [0.05, 0.1) is 35.7 Å². The van der Waals surface area contributed by atoms with Gasteiger partial charge in [-0.05, 0) is 94.1 Å². The van der Waals surface area contributed by atoms with Crippen molar-refractivity contribution >= 4 is 28.9 Å². The predicted molar refractivity (Wildman–Crippen MR) is 178 cm³/mol. The zero-order valence-corrected chi connectivity index (χ0v) is 26.3. The fourth-order valence-corrected chi connectivity index (χ4v) is 6.85. The van der Waals surface area contributed by atoms with Gasteiger partial charge in [0.25, 0.3) is 0 Å². The van der Waals surface area contributed by atoms with Gasteiger partial charge in [0.1, 0.15) is 17.2 Å². The van der Waals surface area contributed by atoms with Gasteiger partial charge in [-0.1, -0.05) is 18.2 Å². The molecule has 5 heterocycles. The molecule has 2 fully saturated rings. The number of fused-ring (bicyclic) bond motifs is 1. The number of morpholine rings is 1. The second kappa shape index (κ2) is 11.4. The van der Waals surface area contributed by atoms with Gasteiger partial charge in [-0.15, -0.1) is 0 Å². The molecule has 11 nitrogen and oxygen atoms in total. The van der Waals surface area contributed by atoms with Crippen molar-refractivity contribution in [1.29, 1.82) is 0 Å². The second-order valence-electron chi connectivity index (χ2n) is 12.9. The Balaban J connectivity index is 1.35. The molecule has 5 aromatic rings. The van der Waals surface area contributed by atoms with Crippen LogP contribution in [-0.2, 0) is 10.3 Å². The Hall–Kier alpha value is -5.03. The summed E-state index contributed by atoms with van der Waals surface area (Å²) in [5.41, 5.74) is 10.6. The number of benzene rings is 1. The smallest absolute Gasteiger partial charge is 0.408 e. The molecule has 1 amide bonds. The highest BCUT2D eigenvalue weighted by molar-refractivity contribution is 5.84. The van der Waals surface area contributed by atoms with Crippen molar-refractivity contribution in [2.75, 3.05) is 36.9 Å². The molecule has 0 unspecified atom stereocenters. The number of rotatable bonds is 6. The van der Waals surface area contributed by atoms with E-state index in [0.29, 0.717) is 41.6 Å². The van der Waals surface area contributed by atoms with Crippen LogP contribution in [-0.4, -0.2) is 72.4 Å². The van der Waals surface area contributed by atoms with E-state index in [9.17, 15) is 9.90 Å².